The minimum Gasteiger partial charge on any atom is -0.463 e. The van der Waals surface area contributed by atoms with Crippen molar-refractivity contribution in [2.45, 2.75) is 45.6 Å². The first-order valence-corrected chi connectivity index (χ1v) is 8.18. The number of aryl methyl sites for hydroxylation is 1. The van der Waals surface area contributed by atoms with Crippen molar-refractivity contribution < 1.29 is 9.21 Å². The van der Waals surface area contributed by atoms with Gasteiger partial charge in [0, 0.05) is 19.2 Å². The van der Waals surface area contributed by atoms with Gasteiger partial charge in [0.1, 0.15) is 5.69 Å². The monoisotopic (exact) mass is 301 g/mol. The van der Waals surface area contributed by atoms with Crippen molar-refractivity contribution in [1.29, 1.82) is 0 Å². The van der Waals surface area contributed by atoms with Gasteiger partial charge in [0.25, 0.3) is 5.91 Å². The molecule has 0 unspecified atom stereocenters. The van der Waals surface area contributed by atoms with E-state index in [9.17, 15) is 4.79 Å². The average Bonchev–Trinajstić information content (AvgIpc) is 3.22. The molecular weight excluding hydrogens is 278 g/mol. The lowest BCUT2D eigenvalue weighted by Crippen LogP contribution is -2.30. The molecule has 118 valence electrons. The number of furan rings is 1. The van der Waals surface area contributed by atoms with Gasteiger partial charge in [0.05, 0.1) is 6.26 Å². The van der Waals surface area contributed by atoms with Crippen molar-refractivity contribution >= 4 is 5.91 Å². The Morgan fingerprint density at radius 1 is 1.41 bits per heavy atom. The zero-order valence-corrected chi connectivity index (χ0v) is 13.0. The van der Waals surface area contributed by atoms with Crippen molar-refractivity contribution in [3.63, 3.8) is 0 Å². The number of carbonyl (C=O) groups is 1. The van der Waals surface area contributed by atoms with Crippen molar-refractivity contribution in [3.8, 4) is 11.5 Å². The van der Waals surface area contributed by atoms with E-state index in [-0.39, 0.29) is 5.91 Å². The van der Waals surface area contributed by atoms with Gasteiger partial charge in [-0.2, -0.15) is 5.10 Å². The third-order valence-corrected chi connectivity index (χ3v) is 4.36. The van der Waals surface area contributed by atoms with Gasteiger partial charge in [-0.1, -0.05) is 19.3 Å². The minimum atomic E-state index is -0.0921. The highest BCUT2D eigenvalue weighted by Crippen LogP contribution is 2.23. The molecule has 0 aromatic carbocycles. The summed E-state index contributed by atoms with van der Waals surface area (Å²) in [4.78, 5) is 12.3. The topological polar surface area (TPSA) is 60.1 Å². The quantitative estimate of drug-likeness (QED) is 0.920. The van der Waals surface area contributed by atoms with Crippen LogP contribution in [0.15, 0.2) is 28.9 Å². The molecule has 22 heavy (non-hydrogen) atoms. The van der Waals surface area contributed by atoms with Crippen LogP contribution in [0.25, 0.3) is 11.5 Å². The number of nitrogens with zero attached hydrogens (tertiary/aromatic N) is 2. The van der Waals surface area contributed by atoms with Gasteiger partial charge in [0.2, 0.25) is 0 Å². The van der Waals surface area contributed by atoms with Crippen LogP contribution in [-0.4, -0.2) is 22.2 Å². The van der Waals surface area contributed by atoms with E-state index in [2.05, 4.69) is 10.4 Å². The molecule has 0 bridgehead atoms. The third-order valence-electron chi connectivity index (χ3n) is 4.36. The summed E-state index contributed by atoms with van der Waals surface area (Å²) in [6, 6.07) is 5.52. The van der Waals surface area contributed by atoms with Crippen molar-refractivity contribution in [1.82, 2.24) is 15.1 Å². The highest BCUT2D eigenvalue weighted by molar-refractivity contribution is 5.93. The van der Waals surface area contributed by atoms with Gasteiger partial charge in [0.15, 0.2) is 11.5 Å². The number of amides is 1. The van der Waals surface area contributed by atoms with Crippen LogP contribution in [-0.2, 0) is 6.54 Å². The minimum absolute atomic E-state index is 0.0921. The lowest BCUT2D eigenvalue weighted by molar-refractivity contribution is 0.0937. The van der Waals surface area contributed by atoms with Crippen LogP contribution in [0.1, 0.15) is 49.5 Å². The zero-order chi connectivity index (χ0) is 15.4. The second-order valence-electron chi connectivity index (χ2n) is 5.92. The standard InChI is InChI=1S/C17H23N3O2/c1-2-20-15(16-9-6-10-22-16)11-14(19-20)17(21)18-12-13-7-4-3-5-8-13/h6,9-11,13H,2-5,7-8,12H2,1H3,(H,18,21). The third kappa shape index (κ3) is 3.24. The highest BCUT2D eigenvalue weighted by atomic mass is 16.3. The predicted molar refractivity (Wildman–Crippen MR) is 84.5 cm³/mol. The molecule has 1 saturated carbocycles. The number of hydrogen-bond acceptors (Lipinski definition) is 3. The summed E-state index contributed by atoms with van der Waals surface area (Å²) in [6.07, 6.45) is 7.98. The summed E-state index contributed by atoms with van der Waals surface area (Å²) in [7, 11) is 0. The molecule has 2 heterocycles. The Bertz CT molecular complexity index is 610. The predicted octanol–water partition coefficient (Wildman–Crippen LogP) is 3.47. The fraction of sp³-hybridized carbons (Fsp3) is 0.529. The average molecular weight is 301 g/mol. The van der Waals surface area contributed by atoms with Crippen LogP contribution in [0.4, 0.5) is 0 Å². The van der Waals surface area contributed by atoms with Crippen LogP contribution >= 0.6 is 0 Å². The number of nitrogens with one attached hydrogen (secondary N) is 1. The van der Waals surface area contributed by atoms with Crippen molar-refractivity contribution in [2.75, 3.05) is 6.54 Å². The molecule has 2 aromatic heterocycles. The van der Waals surface area contributed by atoms with E-state index in [0.29, 0.717) is 18.2 Å². The Labute approximate surface area is 130 Å². The number of aromatic nitrogens is 2. The van der Waals surface area contributed by atoms with E-state index in [1.54, 1.807) is 17.0 Å². The van der Waals surface area contributed by atoms with Crippen LogP contribution in [0.2, 0.25) is 0 Å². The lowest BCUT2D eigenvalue weighted by Gasteiger charge is -2.21. The van der Waals surface area contributed by atoms with Crippen LogP contribution in [0, 0.1) is 5.92 Å². The molecule has 1 N–H and O–H groups in total. The van der Waals surface area contributed by atoms with Gasteiger partial charge in [-0.05, 0) is 37.8 Å². The summed E-state index contributed by atoms with van der Waals surface area (Å²) in [6.45, 7) is 3.46. The number of hydrogen-bond donors (Lipinski definition) is 1. The Morgan fingerprint density at radius 3 is 2.91 bits per heavy atom. The fourth-order valence-corrected chi connectivity index (χ4v) is 3.11. The van der Waals surface area contributed by atoms with Gasteiger partial charge >= 0.3 is 0 Å². The van der Waals surface area contributed by atoms with Crippen LogP contribution in [0.5, 0.6) is 0 Å². The second-order valence-corrected chi connectivity index (χ2v) is 5.92. The zero-order valence-electron chi connectivity index (χ0n) is 13.0. The van der Waals surface area contributed by atoms with Gasteiger partial charge < -0.3 is 9.73 Å². The molecule has 1 aliphatic carbocycles. The molecule has 0 atom stereocenters. The summed E-state index contributed by atoms with van der Waals surface area (Å²) in [5.74, 6) is 1.27. The molecule has 3 rings (SSSR count). The van der Waals surface area contributed by atoms with E-state index >= 15 is 0 Å². The first-order valence-electron chi connectivity index (χ1n) is 8.18. The molecule has 0 aliphatic heterocycles. The van der Waals surface area contributed by atoms with E-state index in [4.69, 9.17) is 4.42 Å². The van der Waals surface area contributed by atoms with Crippen molar-refractivity contribution in [3.05, 3.63) is 30.2 Å². The van der Waals surface area contributed by atoms with Gasteiger partial charge in [-0.25, -0.2) is 0 Å². The molecule has 1 amide bonds. The Kier molecular flexibility index (Phi) is 4.61. The fourth-order valence-electron chi connectivity index (χ4n) is 3.11. The van der Waals surface area contributed by atoms with E-state index in [0.717, 1.165) is 18.0 Å². The molecule has 2 aromatic rings. The first-order chi connectivity index (χ1) is 10.8. The summed E-state index contributed by atoms with van der Waals surface area (Å²) >= 11 is 0. The number of carbonyl (C=O) groups excluding carboxylic acids is 1. The molecule has 1 fully saturated rings. The highest BCUT2D eigenvalue weighted by Gasteiger charge is 2.18. The molecular formula is C17H23N3O2. The molecule has 1 aliphatic rings. The lowest BCUT2D eigenvalue weighted by atomic mass is 9.89. The van der Waals surface area contributed by atoms with Crippen LogP contribution < -0.4 is 5.32 Å². The summed E-state index contributed by atoms with van der Waals surface area (Å²) in [5.41, 5.74) is 1.30. The Hall–Kier alpha value is -2.04. The van der Waals surface area contributed by atoms with Crippen molar-refractivity contribution in [2.24, 2.45) is 5.92 Å². The summed E-state index contributed by atoms with van der Waals surface area (Å²) < 4.78 is 7.22. The number of rotatable bonds is 5. The molecule has 0 spiro atoms. The van der Waals surface area contributed by atoms with E-state index in [1.165, 1.54) is 32.1 Å². The van der Waals surface area contributed by atoms with Gasteiger partial charge in [-0.3, -0.25) is 9.48 Å². The molecule has 5 nitrogen and oxygen atoms in total. The van der Waals surface area contributed by atoms with E-state index in [1.807, 2.05) is 19.1 Å². The maximum Gasteiger partial charge on any atom is 0.271 e. The maximum atomic E-state index is 12.3. The molecule has 0 saturated heterocycles. The first kappa shape index (κ1) is 14.9. The Balaban J connectivity index is 1.67. The molecule has 5 heteroatoms. The largest absolute Gasteiger partial charge is 0.463 e. The second kappa shape index (κ2) is 6.81. The summed E-state index contributed by atoms with van der Waals surface area (Å²) in [5, 5.41) is 7.43. The van der Waals surface area contributed by atoms with Crippen LogP contribution in [0.3, 0.4) is 0 Å². The Morgan fingerprint density at radius 2 is 2.23 bits per heavy atom. The van der Waals surface area contributed by atoms with Gasteiger partial charge in [-0.15, -0.1) is 0 Å². The normalized spacial score (nSPS) is 15.9. The van der Waals surface area contributed by atoms with E-state index < -0.39 is 0 Å². The maximum absolute atomic E-state index is 12.3. The smallest absolute Gasteiger partial charge is 0.271 e. The molecule has 0 radical (unpaired) electrons. The SMILES string of the molecule is CCn1nc(C(=O)NCC2CCCCC2)cc1-c1ccco1.